The highest BCUT2D eigenvalue weighted by Crippen LogP contribution is 2.27. The molecular formula is C12H26ClNO2Si2. The van der Waals surface area contributed by atoms with Crippen molar-refractivity contribution in [2.24, 2.45) is 0 Å². The van der Waals surface area contributed by atoms with Gasteiger partial charge in [-0.05, 0) is 13.8 Å². The maximum Gasteiger partial charge on any atom is 0.325 e. The van der Waals surface area contributed by atoms with Crippen molar-refractivity contribution >= 4 is 34.0 Å². The first-order chi connectivity index (χ1) is 7.91. The quantitative estimate of drug-likeness (QED) is 0.333. The lowest BCUT2D eigenvalue weighted by molar-refractivity contribution is -0.136. The Kier molecular flexibility index (Phi) is 6.16. The summed E-state index contributed by atoms with van der Waals surface area (Å²) in [7, 11) is -2.99. The van der Waals surface area contributed by atoms with E-state index >= 15 is 0 Å². The molecule has 0 radical (unpaired) electrons. The molecule has 6 heteroatoms. The average Bonchev–Trinajstić information content (AvgIpc) is 2.12. The van der Waals surface area contributed by atoms with Gasteiger partial charge < -0.3 is 8.97 Å². The zero-order valence-electron chi connectivity index (χ0n) is 12.8. The molecule has 0 spiro atoms. The minimum atomic E-state index is -1.50. The van der Waals surface area contributed by atoms with Gasteiger partial charge in [0.25, 0.3) is 0 Å². The fourth-order valence-corrected chi connectivity index (χ4v) is 12.9. The summed E-state index contributed by atoms with van der Waals surface area (Å²) < 4.78 is 7.77. The Balaban J connectivity index is 5.38. The van der Waals surface area contributed by atoms with Crippen molar-refractivity contribution in [1.29, 1.82) is 0 Å². The molecule has 0 aromatic heterocycles. The highest BCUT2D eigenvalue weighted by atomic mass is 35.5. The molecular weight excluding hydrogens is 282 g/mol. The smallest absolute Gasteiger partial charge is 0.325 e. The van der Waals surface area contributed by atoms with Gasteiger partial charge in [0, 0.05) is 5.70 Å². The molecule has 0 saturated carbocycles. The van der Waals surface area contributed by atoms with Gasteiger partial charge in [0.1, 0.15) is 28.1 Å². The molecule has 0 aliphatic rings. The third-order valence-electron chi connectivity index (χ3n) is 2.56. The van der Waals surface area contributed by atoms with Gasteiger partial charge in [-0.1, -0.05) is 39.3 Å². The molecule has 18 heavy (non-hydrogen) atoms. The first-order valence-corrected chi connectivity index (χ1v) is 13.6. The van der Waals surface area contributed by atoms with Gasteiger partial charge in [0.05, 0.1) is 0 Å². The molecule has 0 aromatic carbocycles. The van der Waals surface area contributed by atoms with Crippen molar-refractivity contribution in [2.75, 3.05) is 5.88 Å². The van der Waals surface area contributed by atoms with E-state index in [2.05, 4.69) is 43.5 Å². The van der Waals surface area contributed by atoms with Crippen LogP contribution in [0.25, 0.3) is 0 Å². The van der Waals surface area contributed by atoms with Crippen LogP contribution in [0.15, 0.2) is 11.5 Å². The number of halogens is 1. The summed E-state index contributed by atoms with van der Waals surface area (Å²) in [4.78, 5) is 11.3. The first kappa shape index (κ1) is 17.7. The number of nitrogens with zero attached hydrogens (tertiary/aromatic N) is 1. The molecule has 0 rings (SSSR count). The van der Waals surface area contributed by atoms with Gasteiger partial charge in [-0.2, -0.15) is 0 Å². The van der Waals surface area contributed by atoms with E-state index in [1.165, 1.54) is 0 Å². The summed E-state index contributed by atoms with van der Waals surface area (Å²) in [5.41, 5.74) is 1.08. The number of hydrogen-bond donors (Lipinski definition) is 0. The summed E-state index contributed by atoms with van der Waals surface area (Å²) in [6, 6.07) is 0. The largest absolute Gasteiger partial charge is 0.429 e. The number of carbonyl (C=O) groups excluding carboxylic acids is 1. The SMILES string of the molecule is C/C(OC(=O)CCl)=C(\C)N([Si](C)(C)C)[Si](C)(C)C. The number of rotatable bonds is 5. The maximum atomic E-state index is 11.3. The Morgan fingerprint density at radius 2 is 1.44 bits per heavy atom. The van der Waals surface area contributed by atoms with Crippen LogP contribution in [-0.2, 0) is 9.53 Å². The van der Waals surface area contributed by atoms with Crippen LogP contribution < -0.4 is 0 Å². The minimum absolute atomic E-state index is 0.107. The van der Waals surface area contributed by atoms with Crippen molar-refractivity contribution in [3.05, 3.63) is 11.5 Å². The third kappa shape index (κ3) is 5.16. The zero-order valence-corrected chi connectivity index (χ0v) is 15.6. The molecule has 0 atom stereocenters. The lowest BCUT2D eigenvalue weighted by Gasteiger charge is -2.46. The van der Waals surface area contributed by atoms with Gasteiger partial charge >= 0.3 is 5.97 Å². The van der Waals surface area contributed by atoms with Gasteiger partial charge in [0.15, 0.2) is 0 Å². The number of hydrogen-bond acceptors (Lipinski definition) is 3. The van der Waals surface area contributed by atoms with Gasteiger partial charge in [-0.15, -0.1) is 11.6 Å². The second-order valence-corrected chi connectivity index (χ2v) is 16.7. The van der Waals surface area contributed by atoms with Crippen molar-refractivity contribution in [1.82, 2.24) is 4.23 Å². The van der Waals surface area contributed by atoms with Gasteiger partial charge in [-0.25, -0.2) is 0 Å². The van der Waals surface area contributed by atoms with Crippen LogP contribution in [0.1, 0.15) is 13.8 Å². The second kappa shape index (κ2) is 6.26. The molecule has 0 N–H and O–H groups in total. The summed E-state index contributed by atoms with van der Waals surface area (Å²) in [5, 5.41) is 0. The van der Waals surface area contributed by atoms with E-state index in [1.807, 2.05) is 13.8 Å². The zero-order chi connectivity index (χ0) is 14.7. The van der Waals surface area contributed by atoms with E-state index < -0.39 is 16.5 Å². The van der Waals surface area contributed by atoms with Crippen LogP contribution in [0.4, 0.5) is 0 Å². The van der Waals surface area contributed by atoms with E-state index in [0.29, 0.717) is 5.76 Å². The van der Waals surface area contributed by atoms with Crippen LogP contribution in [0.5, 0.6) is 0 Å². The van der Waals surface area contributed by atoms with Crippen molar-refractivity contribution < 1.29 is 9.53 Å². The minimum Gasteiger partial charge on any atom is -0.429 e. The molecule has 0 aliphatic heterocycles. The number of allylic oxidation sites excluding steroid dienone is 2. The maximum absolute atomic E-state index is 11.3. The standard InChI is InChI=1S/C12H26ClNO2Si2/c1-10(11(2)16-12(15)9-13)14(17(3,4)5)18(6,7)8/h9H2,1-8H3/b11-10-. The van der Waals surface area contributed by atoms with Crippen molar-refractivity contribution in [3.63, 3.8) is 0 Å². The molecule has 3 nitrogen and oxygen atoms in total. The molecule has 106 valence electrons. The fraction of sp³-hybridized carbons (Fsp3) is 0.750. The predicted molar refractivity (Wildman–Crippen MR) is 83.7 cm³/mol. The van der Waals surface area contributed by atoms with Crippen molar-refractivity contribution in [2.45, 2.75) is 53.1 Å². The van der Waals surface area contributed by atoms with E-state index in [4.69, 9.17) is 16.3 Å². The van der Waals surface area contributed by atoms with Crippen LogP contribution in [0.2, 0.25) is 39.3 Å². The highest BCUT2D eigenvalue weighted by molar-refractivity contribution is 6.90. The predicted octanol–water partition coefficient (Wildman–Crippen LogP) is 3.99. The van der Waals surface area contributed by atoms with Gasteiger partial charge in [0.2, 0.25) is 0 Å². The molecule has 0 fully saturated rings. The Morgan fingerprint density at radius 1 is 1.06 bits per heavy atom. The lowest BCUT2D eigenvalue weighted by Crippen LogP contribution is -2.58. The molecule has 0 heterocycles. The summed E-state index contributed by atoms with van der Waals surface area (Å²) in [6.45, 7) is 17.7. The molecule has 0 saturated heterocycles. The number of esters is 1. The monoisotopic (exact) mass is 307 g/mol. The Bertz CT molecular complexity index is 329. The van der Waals surface area contributed by atoms with Crippen LogP contribution in [0.3, 0.4) is 0 Å². The fourth-order valence-electron chi connectivity index (χ4n) is 2.44. The van der Waals surface area contributed by atoms with E-state index in [-0.39, 0.29) is 11.8 Å². The van der Waals surface area contributed by atoms with Crippen LogP contribution >= 0.6 is 11.6 Å². The molecule has 0 aliphatic carbocycles. The first-order valence-electron chi connectivity index (χ1n) is 6.15. The topological polar surface area (TPSA) is 29.5 Å². The van der Waals surface area contributed by atoms with Crippen molar-refractivity contribution in [3.8, 4) is 0 Å². The van der Waals surface area contributed by atoms with Gasteiger partial charge in [-0.3, -0.25) is 4.79 Å². The molecule has 0 unspecified atom stereocenters. The summed E-state index contributed by atoms with van der Waals surface area (Å²) in [6.07, 6.45) is 0. The second-order valence-electron chi connectivity index (χ2n) is 6.43. The van der Waals surface area contributed by atoms with Crippen LogP contribution in [-0.4, -0.2) is 32.6 Å². The average molecular weight is 308 g/mol. The Morgan fingerprint density at radius 3 is 1.72 bits per heavy atom. The molecule has 0 aromatic rings. The molecule has 0 bridgehead atoms. The molecule has 0 amide bonds. The number of ether oxygens (including phenoxy) is 1. The summed E-state index contributed by atoms with van der Waals surface area (Å²) in [5.74, 6) is 0.176. The normalized spacial score (nSPS) is 14.1. The van der Waals surface area contributed by atoms with E-state index in [0.717, 1.165) is 5.70 Å². The van der Waals surface area contributed by atoms with E-state index in [1.54, 1.807) is 0 Å². The number of alkyl halides is 1. The number of carbonyl (C=O) groups is 1. The Labute approximate surface area is 118 Å². The summed E-state index contributed by atoms with van der Waals surface area (Å²) >= 11 is 5.47. The van der Waals surface area contributed by atoms with E-state index in [9.17, 15) is 4.79 Å². The highest BCUT2D eigenvalue weighted by Gasteiger charge is 2.35. The third-order valence-corrected chi connectivity index (χ3v) is 10.2. The van der Waals surface area contributed by atoms with Crippen LogP contribution in [0, 0.1) is 0 Å². The lowest BCUT2D eigenvalue weighted by atomic mass is 10.4. The Hall–Kier alpha value is -0.266.